The molecule has 2 rings (SSSR count). The summed E-state index contributed by atoms with van der Waals surface area (Å²) in [6, 6.07) is 12.2. The highest BCUT2D eigenvalue weighted by molar-refractivity contribution is 7.87. The number of hydrogen-bond donors (Lipinski definition) is 0. The summed E-state index contributed by atoms with van der Waals surface area (Å²) in [6.45, 7) is 4.25. The van der Waals surface area contributed by atoms with E-state index in [-0.39, 0.29) is 16.2 Å². The van der Waals surface area contributed by atoms with Crippen molar-refractivity contribution in [2.24, 2.45) is 0 Å². The van der Waals surface area contributed by atoms with Gasteiger partial charge < -0.3 is 8.92 Å². The van der Waals surface area contributed by atoms with Crippen molar-refractivity contribution >= 4 is 21.9 Å². The first kappa shape index (κ1) is 18.7. The SMILES string of the molecule is CC(=O)OC(C(C)=O)c1ccccc1OS(=O)(=O)c1ccc(C)cc1. The van der Waals surface area contributed by atoms with Gasteiger partial charge in [-0.2, -0.15) is 8.42 Å². The molecule has 25 heavy (non-hydrogen) atoms. The average molecular weight is 362 g/mol. The molecule has 0 aliphatic heterocycles. The van der Waals surface area contributed by atoms with Crippen LogP contribution in [0.25, 0.3) is 0 Å². The molecule has 0 N–H and O–H groups in total. The van der Waals surface area contributed by atoms with Crippen LogP contribution in [0, 0.1) is 6.92 Å². The first-order valence-corrected chi connectivity index (χ1v) is 8.89. The van der Waals surface area contributed by atoms with Gasteiger partial charge in [0.1, 0.15) is 10.6 Å². The first-order valence-electron chi connectivity index (χ1n) is 7.48. The Morgan fingerprint density at radius 3 is 2.12 bits per heavy atom. The fraction of sp³-hybridized carbons (Fsp3) is 0.222. The molecule has 2 aromatic rings. The minimum atomic E-state index is -4.09. The molecule has 0 heterocycles. The molecule has 2 aromatic carbocycles. The fourth-order valence-corrected chi connectivity index (χ4v) is 3.13. The fourth-order valence-electron chi connectivity index (χ4n) is 2.18. The van der Waals surface area contributed by atoms with E-state index in [1.165, 1.54) is 38.1 Å². The molecular weight excluding hydrogens is 344 g/mol. The normalized spacial score (nSPS) is 12.3. The molecule has 0 saturated heterocycles. The molecule has 0 fully saturated rings. The minimum absolute atomic E-state index is 0.0141. The van der Waals surface area contributed by atoms with Crippen LogP contribution in [0.15, 0.2) is 53.4 Å². The Kier molecular flexibility index (Phi) is 5.58. The minimum Gasteiger partial charge on any atom is -0.449 e. The van der Waals surface area contributed by atoms with Crippen molar-refractivity contribution in [2.75, 3.05) is 0 Å². The molecule has 1 unspecified atom stereocenters. The molecule has 0 spiro atoms. The van der Waals surface area contributed by atoms with Crippen LogP contribution < -0.4 is 4.18 Å². The molecule has 0 aliphatic carbocycles. The Hall–Kier alpha value is -2.67. The van der Waals surface area contributed by atoms with Gasteiger partial charge in [0.05, 0.1) is 0 Å². The van der Waals surface area contributed by atoms with E-state index >= 15 is 0 Å². The Morgan fingerprint density at radius 1 is 0.960 bits per heavy atom. The summed E-state index contributed by atoms with van der Waals surface area (Å²) in [5, 5.41) is 0. The van der Waals surface area contributed by atoms with E-state index in [9.17, 15) is 18.0 Å². The highest BCUT2D eigenvalue weighted by atomic mass is 32.2. The van der Waals surface area contributed by atoms with Crippen molar-refractivity contribution in [1.82, 2.24) is 0 Å². The number of ketones is 1. The van der Waals surface area contributed by atoms with Crippen LogP contribution in [-0.4, -0.2) is 20.2 Å². The van der Waals surface area contributed by atoms with Crippen molar-refractivity contribution < 1.29 is 26.9 Å². The van der Waals surface area contributed by atoms with E-state index in [2.05, 4.69) is 0 Å². The Labute approximate surface area is 146 Å². The molecule has 7 heteroatoms. The predicted molar refractivity (Wildman–Crippen MR) is 90.6 cm³/mol. The zero-order valence-corrected chi connectivity index (χ0v) is 14.9. The lowest BCUT2D eigenvalue weighted by atomic mass is 10.1. The summed E-state index contributed by atoms with van der Waals surface area (Å²) in [5.41, 5.74) is 1.08. The Bertz CT molecular complexity index is 884. The molecule has 0 aromatic heterocycles. The topological polar surface area (TPSA) is 86.7 Å². The lowest BCUT2D eigenvalue weighted by Crippen LogP contribution is -2.18. The van der Waals surface area contributed by atoms with Gasteiger partial charge in [0.25, 0.3) is 0 Å². The summed E-state index contributed by atoms with van der Waals surface area (Å²) in [6.07, 6.45) is -1.23. The van der Waals surface area contributed by atoms with E-state index < -0.39 is 28.0 Å². The predicted octanol–water partition coefficient (Wildman–Crippen LogP) is 2.96. The van der Waals surface area contributed by atoms with Crippen LogP contribution in [0.2, 0.25) is 0 Å². The maximum Gasteiger partial charge on any atom is 0.339 e. The molecule has 0 aliphatic rings. The van der Waals surface area contributed by atoms with Gasteiger partial charge in [-0.25, -0.2) is 0 Å². The standard InChI is InChI=1S/C18H18O6S/c1-12-8-10-15(11-9-12)25(21,22)24-17-7-5-4-6-16(17)18(13(2)19)23-14(3)20/h4-11,18H,1-3H3. The van der Waals surface area contributed by atoms with E-state index in [1.807, 2.05) is 6.92 Å². The maximum atomic E-state index is 12.5. The molecule has 132 valence electrons. The van der Waals surface area contributed by atoms with E-state index in [0.29, 0.717) is 0 Å². The number of Topliss-reactive ketones (excluding diaryl/α,β-unsaturated/α-hetero) is 1. The third-order valence-electron chi connectivity index (χ3n) is 3.36. The van der Waals surface area contributed by atoms with E-state index in [0.717, 1.165) is 5.56 Å². The van der Waals surface area contributed by atoms with Crippen LogP contribution in [0.3, 0.4) is 0 Å². The highest BCUT2D eigenvalue weighted by Gasteiger charge is 2.26. The third kappa shape index (κ3) is 4.67. The number of carbonyl (C=O) groups excluding carboxylic acids is 2. The number of esters is 1. The van der Waals surface area contributed by atoms with Crippen LogP contribution in [0.4, 0.5) is 0 Å². The lowest BCUT2D eigenvalue weighted by Gasteiger charge is -2.18. The van der Waals surface area contributed by atoms with Crippen LogP contribution in [0.1, 0.15) is 31.1 Å². The van der Waals surface area contributed by atoms with E-state index in [1.54, 1.807) is 24.3 Å². The lowest BCUT2D eigenvalue weighted by molar-refractivity contribution is -0.152. The summed E-state index contributed by atoms with van der Waals surface area (Å²) < 4.78 is 35.1. The van der Waals surface area contributed by atoms with Crippen molar-refractivity contribution in [3.05, 3.63) is 59.7 Å². The summed E-state index contributed by atoms with van der Waals surface area (Å²) >= 11 is 0. The second-order valence-corrected chi connectivity index (χ2v) is 7.03. The molecular formula is C18H18O6S. The molecule has 0 saturated carbocycles. The van der Waals surface area contributed by atoms with Crippen molar-refractivity contribution in [3.8, 4) is 5.75 Å². The van der Waals surface area contributed by atoms with Crippen LogP contribution >= 0.6 is 0 Å². The zero-order valence-electron chi connectivity index (χ0n) is 14.1. The zero-order chi connectivity index (χ0) is 18.6. The van der Waals surface area contributed by atoms with Crippen molar-refractivity contribution in [2.45, 2.75) is 31.8 Å². The van der Waals surface area contributed by atoms with Gasteiger partial charge in [-0.1, -0.05) is 35.9 Å². The first-order chi connectivity index (χ1) is 11.7. The third-order valence-corrected chi connectivity index (χ3v) is 4.61. The molecule has 0 bridgehead atoms. The highest BCUT2D eigenvalue weighted by Crippen LogP contribution is 2.30. The molecule has 0 radical (unpaired) electrons. The second kappa shape index (κ2) is 7.48. The second-order valence-electron chi connectivity index (χ2n) is 5.49. The number of benzene rings is 2. The number of hydrogen-bond acceptors (Lipinski definition) is 6. The largest absolute Gasteiger partial charge is 0.449 e. The number of para-hydroxylation sites is 1. The number of ether oxygens (including phenoxy) is 1. The monoisotopic (exact) mass is 362 g/mol. The smallest absolute Gasteiger partial charge is 0.339 e. The Balaban J connectivity index is 2.42. The van der Waals surface area contributed by atoms with Gasteiger partial charge in [0, 0.05) is 12.5 Å². The quantitative estimate of drug-likeness (QED) is 0.580. The van der Waals surface area contributed by atoms with E-state index in [4.69, 9.17) is 8.92 Å². The van der Waals surface area contributed by atoms with Gasteiger partial charge in [-0.15, -0.1) is 0 Å². The van der Waals surface area contributed by atoms with Crippen molar-refractivity contribution in [3.63, 3.8) is 0 Å². The Morgan fingerprint density at radius 2 is 1.56 bits per heavy atom. The van der Waals surface area contributed by atoms with Gasteiger partial charge in [0.2, 0.25) is 0 Å². The number of carbonyl (C=O) groups is 2. The van der Waals surface area contributed by atoms with Gasteiger partial charge in [-0.05, 0) is 32.0 Å². The summed E-state index contributed by atoms with van der Waals surface area (Å²) in [5.74, 6) is -1.17. The van der Waals surface area contributed by atoms with Gasteiger partial charge in [-0.3, -0.25) is 9.59 Å². The molecule has 1 atom stereocenters. The molecule has 6 nitrogen and oxygen atoms in total. The number of rotatable bonds is 6. The van der Waals surface area contributed by atoms with Crippen LogP contribution in [-0.2, 0) is 24.4 Å². The van der Waals surface area contributed by atoms with Gasteiger partial charge in [0.15, 0.2) is 11.9 Å². The van der Waals surface area contributed by atoms with Crippen LogP contribution in [0.5, 0.6) is 5.75 Å². The summed E-state index contributed by atoms with van der Waals surface area (Å²) in [7, 11) is -4.09. The maximum absolute atomic E-state index is 12.5. The van der Waals surface area contributed by atoms with Gasteiger partial charge >= 0.3 is 16.1 Å². The summed E-state index contributed by atoms with van der Waals surface area (Å²) in [4.78, 5) is 23.1. The molecule has 0 amide bonds. The van der Waals surface area contributed by atoms with Crippen molar-refractivity contribution in [1.29, 1.82) is 0 Å². The number of aryl methyl sites for hydroxylation is 1. The average Bonchev–Trinajstić information content (AvgIpc) is 2.53.